The van der Waals surface area contributed by atoms with Gasteiger partial charge in [-0.3, -0.25) is 0 Å². The highest BCUT2D eigenvalue weighted by Gasteiger charge is 2.09. The number of hydrogen-bond acceptors (Lipinski definition) is 4. The lowest BCUT2D eigenvalue weighted by Gasteiger charge is -2.04. The molecule has 0 aliphatic rings. The van der Waals surface area contributed by atoms with Gasteiger partial charge >= 0.3 is 0 Å². The van der Waals surface area contributed by atoms with E-state index >= 15 is 0 Å². The summed E-state index contributed by atoms with van der Waals surface area (Å²) in [5.41, 5.74) is 8.87. The van der Waals surface area contributed by atoms with Crippen LogP contribution in [0.1, 0.15) is 11.1 Å². The Morgan fingerprint density at radius 3 is 2.71 bits per heavy atom. The van der Waals surface area contributed by atoms with Crippen LogP contribution in [0, 0.1) is 13.8 Å². The molecule has 0 amide bonds. The molecule has 0 aliphatic carbocycles. The predicted molar refractivity (Wildman–Crippen MR) is 59.2 cm³/mol. The molecule has 0 radical (unpaired) electrons. The van der Waals surface area contributed by atoms with Crippen LogP contribution in [0.3, 0.4) is 0 Å². The smallest absolute Gasteiger partial charge is 0.130 e. The summed E-state index contributed by atoms with van der Waals surface area (Å²) < 4.78 is 0. The van der Waals surface area contributed by atoms with Gasteiger partial charge in [-0.25, -0.2) is 9.97 Å². The van der Waals surface area contributed by atoms with Crippen LogP contribution in [0.5, 0.6) is 0 Å². The van der Waals surface area contributed by atoms with Gasteiger partial charge in [0.15, 0.2) is 0 Å². The maximum absolute atomic E-state index is 5.73. The van der Waals surface area contributed by atoms with Crippen molar-refractivity contribution in [2.24, 2.45) is 0 Å². The Morgan fingerprint density at radius 1 is 1.29 bits per heavy atom. The second kappa shape index (κ2) is 3.38. The number of rotatable bonds is 1. The van der Waals surface area contributed by atoms with Gasteiger partial charge in [0.05, 0.1) is 10.6 Å². The van der Waals surface area contributed by atoms with E-state index in [9.17, 15) is 0 Å². The molecule has 0 unspecified atom stereocenters. The summed E-state index contributed by atoms with van der Waals surface area (Å²) in [5.74, 6) is 0.558. The topological polar surface area (TPSA) is 51.8 Å². The van der Waals surface area contributed by atoms with Crippen LogP contribution in [0.15, 0.2) is 17.8 Å². The number of hydrogen-bond donors (Lipinski definition) is 1. The lowest BCUT2D eigenvalue weighted by Crippen LogP contribution is -1.97. The SMILES string of the molecule is Cc1ccsc1-c1ncnc(N)c1C. The Labute approximate surface area is 86.6 Å². The molecule has 3 nitrogen and oxygen atoms in total. The fraction of sp³-hybridized carbons (Fsp3) is 0.200. The molecule has 4 heteroatoms. The molecule has 0 fully saturated rings. The van der Waals surface area contributed by atoms with E-state index in [1.807, 2.05) is 6.92 Å². The highest BCUT2D eigenvalue weighted by atomic mass is 32.1. The number of nitrogens with two attached hydrogens (primary N) is 1. The maximum Gasteiger partial charge on any atom is 0.130 e. The molecule has 2 aromatic heterocycles. The number of aromatic nitrogens is 2. The largest absolute Gasteiger partial charge is 0.383 e. The molecular weight excluding hydrogens is 194 g/mol. The van der Waals surface area contributed by atoms with Crippen molar-refractivity contribution >= 4 is 17.2 Å². The molecule has 2 aromatic rings. The third-order valence-electron chi connectivity index (χ3n) is 2.20. The van der Waals surface area contributed by atoms with E-state index in [1.165, 1.54) is 16.8 Å². The molecule has 72 valence electrons. The summed E-state index contributed by atoms with van der Waals surface area (Å²) in [7, 11) is 0. The van der Waals surface area contributed by atoms with Crippen LogP contribution >= 0.6 is 11.3 Å². The minimum atomic E-state index is 0.558. The Morgan fingerprint density at radius 2 is 2.07 bits per heavy atom. The van der Waals surface area contributed by atoms with Crippen LogP contribution in [0.4, 0.5) is 5.82 Å². The molecule has 0 atom stereocenters. The van der Waals surface area contributed by atoms with E-state index in [4.69, 9.17) is 5.73 Å². The number of nitrogen functional groups attached to an aromatic ring is 1. The Balaban J connectivity index is 2.63. The highest BCUT2D eigenvalue weighted by molar-refractivity contribution is 7.13. The average molecular weight is 205 g/mol. The van der Waals surface area contributed by atoms with Crippen LogP contribution in [-0.4, -0.2) is 9.97 Å². The van der Waals surface area contributed by atoms with Gasteiger partial charge in [0.2, 0.25) is 0 Å². The normalized spacial score (nSPS) is 10.4. The van der Waals surface area contributed by atoms with Crippen LogP contribution in [0.25, 0.3) is 10.6 Å². The number of anilines is 1. The summed E-state index contributed by atoms with van der Waals surface area (Å²) in [6.07, 6.45) is 1.51. The number of aryl methyl sites for hydroxylation is 1. The summed E-state index contributed by atoms with van der Waals surface area (Å²) in [6.45, 7) is 4.02. The van der Waals surface area contributed by atoms with Crippen LogP contribution in [-0.2, 0) is 0 Å². The molecule has 0 saturated carbocycles. The van der Waals surface area contributed by atoms with Crippen LogP contribution < -0.4 is 5.73 Å². The van der Waals surface area contributed by atoms with Crippen molar-refractivity contribution in [1.29, 1.82) is 0 Å². The van der Waals surface area contributed by atoms with Gasteiger partial charge in [0.25, 0.3) is 0 Å². The molecule has 0 aliphatic heterocycles. The summed E-state index contributed by atoms with van der Waals surface area (Å²) in [5, 5.41) is 2.06. The summed E-state index contributed by atoms with van der Waals surface area (Å²) in [6, 6.07) is 2.08. The standard InChI is InChI=1S/C10H11N3S/c1-6-3-4-14-9(6)8-7(2)10(11)13-5-12-8/h3-5H,1-2H3,(H2,11,12,13). The van der Waals surface area contributed by atoms with Gasteiger partial charge in [0, 0.05) is 5.56 Å². The van der Waals surface area contributed by atoms with Gasteiger partial charge in [0.1, 0.15) is 12.1 Å². The molecule has 2 heterocycles. The molecular formula is C10H11N3S. The monoisotopic (exact) mass is 205 g/mol. The second-order valence-corrected chi connectivity index (χ2v) is 4.08. The lowest BCUT2D eigenvalue weighted by atomic mass is 10.1. The van der Waals surface area contributed by atoms with Crippen molar-refractivity contribution in [3.63, 3.8) is 0 Å². The quantitative estimate of drug-likeness (QED) is 0.777. The first-order valence-corrected chi connectivity index (χ1v) is 5.19. The van der Waals surface area contributed by atoms with E-state index in [1.54, 1.807) is 11.3 Å². The first-order valence-electron chi connectivity index (χ1n) is 4.31. The molecule has 14 heavy (non-hydrogen) atoms. The molecule has 0 saturated heterocycles. The maximum atomic E-state index is 5.73. The van der Waals surface area contributed by atoms with Gasteiger partial charge in [-0.1, -0.05) is 0 Å². The number of nitrogens with zero attached hydrogens (tertiary/aromatic N) is 2. The fourth-order valence-corrected chi connectivity index (χ4v) is 2.29. The molecule has 0 spiro atoms. The molecule has 0 aromatic carbocycles. The highest BCUT2D eigenvalue weighted by Crippen LogP contribution is 2.30. The van der Waals surface area contributed by atoms with E-state index < -0.39 is 0 Å². The Bertz CT molecular complexity index is 462. The van der Waals surface area contributed by atoms with Gasteiger partial charge < -0.3 is 5.73 Å². The summed E-state index contributed by atoms with van der Waals surface area (Å²) >= 11 is 1.68. The first kappa shape index (κ1) is 9.15. The van der Waals surface area contributed by atoms with Crippen molar-refractivity contribution in [3.05, 3.63) is 28.9 Å². The fourth-order valence-electron chi connectivity index (χ4n) is 1.31. The summed E-state index contributed by atoms with van der Waals surface area (Å²) in [4.78, 5) is 9.39. The van der Waals surface area contributed by atoms with E-state index in [-0.39, 0.29) is 0 Å². The van der Waals surface area contributed by atoms with Gasteiger partial charge in [-0.15, -0.1) is 11.3 Å². The molecule has 2 rings (SSSR count). The zero-order chi connectivity index (χ0) is 10.1. The Kier molecular flexibility index (Phi) is 2.21. The second-order valence-electron chi connectivity index (χ2n) is 3.17. The third-order valence-corrected chi connectivity index (χ3v) is 3.22. The van der Waals surface area contributed by atoms with Crippen molar-refractivity contribution < 1.29 is 0 Å². The van der Waals surface area contributed by atoms with Gasteiger partial charge in [-0.2, -0.15) is 0 Å². The first-order chi connectivity index (χ1) is 6.70. The van der Waals surface area contributed by atoms with Crippen molar-refractivity contribution in [3.8, 4) is 10.6 Å². The van der Waals surface area contributed by atoms with Gasteiger partial charge in [-0.05, 0) is 30.9 Å². The minimum absolute atomic E-state index is 0.558. The minimum Gasteiger partial charge on any atom is -0.383 e. The van der Waals surface area contributed by atoms with E-state index in [0.717, 1.165) is 11.3 Å². The zero-order valence-corrected chi connectivity index (χ0v) is 8.93. The third kappa shape index (κ3) is 1.37. The average Bonchev–Trinajstić information content (AvgIpc) is 2.57. The predicted octanol–water partition coefficient (Wildman–Crippen LogP) is 2.40. The van der Waals surface area contributed by atoms with Crippen molar-refractivity contribution in [1.82, 2.24) is 9.97 Å². The van der Waals surface area contributed by atoms with E-state index in [0.29, 0.717) is 5.82 Å². The molecule has 0 bridgehead atoms. The van der Waals surface area contributed by atoms with Crippen LogP contribution in [0.2, 0.25) is 0 Å². The number of thiophene rings is 1. The lowest BCUT2D eigenvalue weighted by molar-refractivity contribution is 1.15. The van der Waals surface area contributed by atoms with Crippen molar-refractivity contribution in [2.45, 2.75) is 13.8 Å². The zero-order valence-electron chi connectivity index (χ0n) is 8.11. The molecule has 2 N–H and O–H groups in total. The van der Waals surface area contributed by atoms with E-state index in [2.05, 4.69) is 28.3 Å². The Hall–Kier alpha value is -1.42. The van der Waals surface area contributed by atoms with Crippen molar-refractivity contribution in [2.75, 3.05) is 5.73 Å².